The Morgan fingerprint density at radius 1 is 1.02 bits per heavy atom. The summed E-state index contributed by atoms with van der Waals surface area (Å²) in [7, 11) is 4.92. The number of rotatable bonds is 6. The SMILES string of the molecule is COc1cc(-c2nc(N3CCn4c(nnc4C(F)(F)F)C3)n3ccnc(C)c23)ccc1NC(=O)c1cc2c(OC)cccc2n1C. The van der Waals surface area contributed by atoms with E-state index in [4.69, 9.17) is 14.5 Å². The molecule has 46 heavy (non-hydrogen) atoms. The molecule has 0 spiro atoms. The van der Waals surface area contributed by atoms with E-state index in [-0.39, 0.29) is 31.4 Å². The van der Waals surface area contributed by atoms with Gasteiger partial charge in [0.1, 0.15) is 22.9 Å². The third-order valence-corrected chi connectivity index (χ3v) is 8.23. The average molecular weight is 632 g/mol. The van der Waals surface area contributed by atoms with Gasteiger partial charge in [0, 0.05) is 43.5 Å². The fourth-order valence-electron chi connectivity index (χ4n) is 6.00. The number of imidazole rings is 1. The fourth-order valence-corrected chi connectivity index (χ4v) is 6.00. The number of fused-ring (bicyclic) bond motifs is 3. The van der Waals surface area contributed by atoms with Gasteiger partial charge in [0.25, 0.3) is 5.91 Å². The lowest BCUT2D eigenvalue weighted by atomic mass is 10.1. The fraction of sp³-hybridized carbons (Fsp3) is 0.258. The highest BCUT2D eigenvalue weighted by Gasteiger charge is 2.40. The number of ether oxygens (including phenoxy) is 2. The number of amides is 1. The third-order valence-electron chi connectivity index (χ3n) is 8.23. The number of benzene rings is 2. The van der Waals surface area contributed by atoms with Crippen LogP contribution < -0.4 is 19.7 Å². The maximum Gasteiger partial charge on any atom is 0.451 e. The number of carbonyl (C=O) groups is 1. The largest absolute Gasteiger partial charge is 0.496 e. The van der Waals surface area contributed by atoms with Crippen LogP contribution in [-0.4, -0.2) is 60.4 Å². The predicted octanol–water partition coefficient (Wildman–Crippen LogP) is 5.10. The maximum absolute atomic E-state index is 13.4. The van der Waals surface area contributed by atoms with Gasteiger partial charge in [-0.1, -0.05) is 12.1 Å². The highest BCUT2D eigenvalue weighted by atomic mass is 19.4. The van der Waals surface area contributed by atoms with Crippen molar-refractivity contribution in [2.75, 3.05) is 31.0 Å². The molecular formula is C31H28F3N9O3. The average Bonchev–Trinajstić information content (AvgIpc) is 3.75. The summed E-state index contributed by atoms with van der Waals surface area (Å²) in [5.41, 5.74) is 4.49. The van der Waals surface area contributed by atoms with Gasteiger partial charge in [-0.05, 0) is 37.3 Å². The summed E-state index contributed by atoms with van der Waals surface area (Å²) in [6, 6.07) is 12.8. The van der Waals surface area contributed by atoms with E-state index in [9.17, 15) is 18.0 Å². The molecule has 0 aliphatic carbocycles. The molecule has 0 radical (unpaired) electrons. The van der Waals surface area contributed by atoms with Gasteiger partial charge >= 0.3 is 6.18 Å². The highest BCUT2D eigenvalue weighted by molar-refractivity contribution is 6.08. The normalized spacial score (nSPS) is 13.3. The van der Waals surface area contributed by atoms with Gasteiger partial charge in [0.15, 0.2) is 5.82 Å². The minimum atomic E-state index is -4.59. The Balaban J connectivity index is 1.22. The van der Waals surface area contributed by atoms with Crippen molar-refractivity contribution < 1.29 is 27.4 Å². The Morgan fingerprint density at radius 3 is 2.59 bits per heavy atom. The van der Waals surface area contributed by atoms with Crippen molar-refractivity contribution in [2.45, 2.75) is 26.2 Å². The summed E-state index contributed by atoms with van der Waals surface area (Å²) in [5.74, 6) is 0.485. The summed E-state index contributed by atoms with van der Waals surface area (Å²) in [4.78, 5) is 24.7. The minimum absolute atomic E-state index is 0.0528. The number of carbonyl (C=O) groups excluding carboxylic acids is 1. The van der Waals surface area contributed by atoms with E-state index in [0.29, 0.717) is 45.8 Å². The van der Waals surface area contributed by atoms with Gasteiger partial charge < -0.3 is 28.8 Å². The number of anilines is 2. The lowest BCUT2D eigenvalue weighted by Crippen LogP contribution is -2.36. The molecule has 1 aliphatic rings. The predicted molar refractivity (Wildman–Crippen MR) is 163 cm³/mol. The van der Waals surface area contributed by atoms with Crippen LogP contribution in [0.1, 0.15) is 27.8 Å². The van der Waals surface area contributed by atoms with Crippen LogP contribution >= 0.6 is 0 Å². The minimum Gasteiger partial charge on any atom is -0.496 e. The Morgan fingerprint density at radius 2 is 1.83 bits per heavy atom. The number of nitrogens with zero attached hydrogens (tertiary/aromatic N) is 8. The van der Waals surface area contributed by atoms with Crippen LogP contribution in [-0.2, 0) is 26.3 Å². The summed E-state index contributed by atoms with van der Waals surface area (Å²) in [5, 5.41) is 11.0. The molecule has 7 rings (SSSR count). The summed E-state index contributed by atoms with van der Waals surface area (Å²) in [6.45, 7) is 2.27. The molecule has 0 bridgehead atoms. The zero-order valence-corrected chi connectivity index (χ0v) is 25.3. The van der Waals surface area contributed by atoms with Crippen molar-refractivity contribution in [3.8, 4) is 22.8 Å². The second-order valence-corrected chi connectivity index (χ2v) is 10.9. The zero-order chi connectivity index (χ0) is 32.3. The van der Waals surface area contributed by atoms with Crippen LogP contribution in [0.5, 0.6) is 11.5 Å². The Labute approximate surface area is 260 Å². The van der Waals surface area contributed by atoms with E-state index < -0.39 is 12.0 Å². The molecule has 2 aromatic carbocycles. The molecular weight excluding hydrogens is 603 g/mol. The first kappa shape index (κ1) is 29.1. The van der Waals surface area contributed by atoms with Gasteiger partial charge in [0.05, 0.1) is 43.2 Å². The molecule has 0 unspecified atom stereocenters. The van der Waals surface area contributed by atoms with Crippen LogP contribution in [0.3, 0.4) is 0 Å². The number of nitrogens with one attached hydrogen (secondary N) is 1. The van der Waals surface area contributed by atoms with E-state index in [2.05, 4.69) is 20.5 Å². The molecule has 6 aromatic rings. The monoisotopic (exact) mass is 631 g/mol. The second-order valence-electron chi connectivity index (χ2n) is 10.9. The van der Waals surface area contributed by atoms with Crippen LogP contribution in [0.4, 0.5) is 24.8 Å². The number of hydrogen-bond donors (Lipinski definition) is 1. The topological polar surface area (TPSA) is 117 Å². The van der Waals surface area contributed by atoms with Crippen molar-refractivity contribution in [1.82, 2.24) is 33.7 Å². The summed E-state index contributed by atoms with van der Waals surface area (Å²) in [6.07, 6.45) is -1.18. The smallest absolute Gasteiger partial charge is 0.451 e. The van der Waals surface area contributed by atoms with Crippen LogP contribution in [0.25, 0.3) is 27.7 Å². The summed E-state index contributed by atoms with van der Waals surface area (Å²) < 4.78 is 56.2. The number of hydrogen-bond acceptors (Lipinski definition) is 8. The number of aryl methyl sites for hydroxylation is 2. The van der Waals surface area contributed by atoms with Gasteiger partial charge in [-0.2, -0.15) is 13.2 Å². The molecule has 0 saturated heterocycles. The highest BCUT2D eigenvalue weighted by Crippen LogP contribution is 2.37. The molecule has 0 saturated carbocycles. The van der Waals surface area contributed by atoms with Crippen molar-refractivity contribution >= 4 is 34.0 Å². The second kappa shape index (κ2) is 10.8. The van der Waals surface area contributed by atoms with Gasteiger partial charge in [-0.25, -0.2) is 4.98 Å². The molecule has 0 atom stereocenters. The van der Waals surface area contributed by atoms with Crippen LogP contribution in [0.2, 0.25) is 0 Å². The molecule has 0 fully saturated rings. The van der Waals surface area contributed by atoms with E-state index in [1.807, 2.05) is 47.5 Å². The van der Waals surface area contributed by atoms with E-state index in [0.717, 1.165) is 21.0 Å². The quantitative estimate of drug-likeness (QED) is 0.270. The van der Waals surface area contributed by atoms with Crippen LogP contribution in [0.15, 0.2) is 54.9 Å². The molecule has 4 aromatic heterocycles. The van der Waals surface area contributed by atoms with Crippen molar-refractivity contribution in [2.24, 2.45) is 7.05 Å². The lowest BCUT2D eigenvalue weighted by Gasteiger charge is -2.28. The molecule has 5 heterocycles. The number of aromatic nitrogens is 7. The first-order chi connectivity index (χ1) is 22.1. The number of halogens is 3. The van der Waals surface area contributed by atoms with Gasteiger partial charge in [-0.15, -0.1) is 10.2 Å². The molecule has 1 amide bonds. The zero-order valence-electron chi connectivity index (χ0n) is 25.3. The number of alkyl halides is 3. The standard InChI is InChI=1S/C31H28F3N9O3/c1-17-27-26(37-30(43(27)11-10-35-17)41-12-13-42-25(16-41)38-39-29(42)31(32,33)34)18-8-9-20(24(14-18)46-4)36-28(44)22-15-19-21(40(22)2)6-5-7-23(19)45-3/h5-11,14-15H,12-13,16H2,1-4H3,(H,36,44). The van der Waals surface area contributed by atoms with E-state index >= 15 is 0 Å². The first-order valence-corrected chi connectivity index (χ1v) is 14.3. The lowest BCUT2D eigenvalue weighted by molar-refractivity contribution is -0.147. The Kier molecular flexibility index (Phi) is 6.83. The maximum atomic E-state index is 13.4. The summed E-state index contributed by atoms with van der Waals surface area (Å²) >= 11 is 0. The van der Waals surface area contributed by atoms with Crippen molar-refractivity contribution in [1.29, 1.82) is 0 Å². The van der Waals surface area contributed by atoms with E-state index in [1.54, 1.807) is 42.3 Å². The molecule has 1 aliphatic heterocycles. The molecule has 15 heteroatoms. The van der Waals surface area contributed by atoms with Crippen LogP contribution in [0, 0.1) is 6.92 Å². The molecule has 1 N–H and O–H groups in total. The third kappa shape index (κ3) is 4.66. The molecule has 236 valence electrons. The Hall–Kier alpha value is -5.60. The van der Waals surface area contributed by atoms with Gasteiger partial charge in [0.2, 0.25) is 11.8 Å². The van der Waals surface area contributed by atoms with E-state index in [1.165, 1.54) is 7.11 Å². The van der Waals surface area contributed by atoms with Crippen molar-refractivity contribution in [3.63, 3.8) is 0 Å². The first-order valence-electron chi connectivity index (χ1n) is 14.3. The Bertz CT molecular complexity index is 2150. The number of methoxy groups -OCH3 is 2. The molecule has 12 nitrogen and oxygen atoms in total. The van der Waals surface area contributed by atoms with Crippen molar-refractivity contribution in [3.05, 3.63) is 77.9 Å². The van der Waals surface area contributed by atoms with Gasteiger partial charge in [-0.3, -0.25) is 14.2 Å².